The van der Waals surface area contributed by atoms with Crippen LogP contribution in [0.5, 0.6) is 0 Å². The SMILES string of the molecule is C1=CC(c2cc(-c3ccccc3)c3c4ccccc4c4cc(N(c5nccc6ccccc56)c5cc6ccccc6c6ccccc56)ccc4c3c2-c2ccccc2)=CCC1. The highest BCUT2D eigenvalue weighted by Gasteiger charge is 2.25. The van der Waals surface area contributed by atoms with Gasteiger partial charge in [0.05, 0.1) is 5.69 Å². The fraction of sp³-hybridized carbons (Fsp3) is 0.0339. The zero-order valence-corrected chi connectivity index (χ0v) is 33.6. The summed E-state index contributed by atoms with van der Waals surface area (Å²) in [6.07, 6.45) is 11.1. The van der Waals surface area contributed by atoms with E-state index in [1.165, 1.54) is 87.3 Å². The van der Waals surface area contributed by atoms with E-state index in [1.807, 2.05) is 6.20 Å². The molecule has 12 rings (SSSR count). The van der Waals surface area contributed by atoms with Crippen molar-refractivity contribution in [1.29, 1.82) is 0 Å². The second kappa shape index (κ2) is 14.5. The van der Waals surface area contributed by atoms with Crippen LogP contribution < -0.4 is 4.90 Å². The topological polar surface area (TPSA) is 16.1 Å². The lowest BCUT2D eigenvalue weighted by atomic mass is 9.80. The summed E-state index contributed by atoms with van der Waals surface area (Å²) >= 11 is 0. The van der Waals surface area contributed by atoms with Gasteiger partial charge < -0.3 is 0 Å². The van der Waals surface area contributed by atoms with E-state index in [0.717, 1.165) is 40.8 Å². The van der Waals surface area contributed by atoms with Gasteiger partial charge in [-0.05, 0) is 130 Å². The van der Waals surface area contributed by atoms with Crippen molar-refractivity contribution < 1.29 is 0 Å². The summed E-state index contributed by atoms with van der Waals surface area (Å²) in [6.45, 7) is 0. The summed E-state index contributed by atoms with van der Waals surface area (Å²) in [4.78, 5) is 7.61. The molecule has 0 saturated heterocycles. The van der Waals surface area contributed by atoms with Gasteiger partial charge in [0.15, 0.2) is 0 Å². The van der Waals surface area contributed by atoms with Crippen LogP contribution in [0.25, 0.3) is 92.5 Å². The Hall–Kier alpha value is -7.81. The summed E-state index contributed by atoms with van der Waals surface area (Å²) in [6, 6.07) is 71.2. The quantitative estimate of drug-likeness (QED) is 0.156. The number of allylic oxidation sites excluding steroid dienone is 4. The number of anilines is 3. The van der Waals surface area contributed by atoms with Crippen LogP contribution in [0.1, 0.15) is 18.4 Å². The molecule has 1 heterocycles. The molecule has 1 aromatic heterocycles. The number of nitrogens with zero attached hydrogens (tertiary/aromatic N) is 2. The molecule has 61 heavy (non-hydrogen) atoms. The van der Waals surface area contributed by atoms with Crippen LogP contribution in [0.3, 0.4) is 0 Å². The first kappa shape index (κ1) is 35.2. The van der Waals surface area contributed by atoms with Gasteiger partial charge in [0, 0.05) is 22.7 Å². The highest BCUT2D eigenvalue weighted by Crippen LogP contribution is 2.50. The second-order valence-electron chi connectivity index (χ2n) is 16.1. The Kier molecular flexibility index (Phi) is 8.35. The third-order valence-electron chi connectivity index (χ3n) is 12.6. The van der Waals surface area contributed by atoms with Gasteiger partial charge >= 0.3 is 0 Å². The number of hydrogen-bond donors (Lipinski definition) is 0. The number of pyridine rings is 1. The molecule has 0 aliphatic heterocycles. The molecule has 0 radical (unpaired) electrons. The molecule has 1 aliphatic rings. The minimum atomic E-state index is 0.901. The van der Waals surface area contributed by atoms with Gasteiger partial charge in [-0.2, -0.15) is 0 Å². The summed E-state index contributed by atoms with van der Waals surface area (Å²) in [7, 11) is 0. The van der Waals surface area contributed by atoms with Crippen LogP contribution >= 0.6 is 0 Å². The normalized spacial score (nSPS) is 12.8. The average molecular weight is 777 g/mol. The van der Waals surface area contributed by atoms with Crippen molar-refractivity contribution in [2.45, 2.75) is 12.8 Å². The Morgan fingerprint density at radius 1 is 0.410 bits per heavy atom. The first-order chi connectivity index (χ1) is 30.3. The number of aromatic nitrogens is 1. The van der Waals surface area contributed by atoms with Crippen molar-refractivity contribution in [3.05, 3.63) is 224 Å². The molecule has 1 aliphatic carbocycles. The van der Waals surface area contributed by atoms with E-state index >= 15 is 0 Å². The molecular weight excluding hydrogens is 737 g/mol. The molecule has 286 valence electrons. The maximum absolute atomic E-state index is 5.21. The lowest BCUT2D eigenvalue weighted by Crippen LogP contribution is -2.13. The predicted octanol–water partition coefficient (Wildman–Crippen LogP) is 16.5. The highest BCUT2D eigenvalue weighted by atomic mass is 15.2. The van der Waals surface area contributed by atoms with Crippen LogP contribution in [0.15, 0.2) is 219 Å². The lowest BCUT2D eigenvalue weighted by molar-refractivity contribution is 1.04. The van der Waals surface area contributed by atoms with Crippen molar-refractivity contribution in [2.24, 2.45) is 0 Å². The van der Waals surface area contributed by atoms with E-state index in [-0.39, 0.29) is 0 Å². The van der Waals surface area contributed by atoms with Crippen molar-refractivity contribution >= 4 is 87.4 Å². The molecule has 0 spiro atoms. The maximum Gasteiger partial charge on any atom is 0.145 e. The minimum absolute atomic E-state index is 0.901. The van der Waals surface area contributed by atoms with Crippen molar-refractivity contribution in [2.75, 3.05) is 4.90 Å². The molecule has 0 amide bonds. The molecule has 2 heteroatoms. The second-order valence-corrected chi connectivity index (χ2v) is 16.1. The van der Waals surface area contributed by atoms with E-state index in [4.69, 9.17) is 4.98 Å². The molecule has 11 aromatic rings. The Morgan fingerprint density at radius 2 is 1.03 bits per heavy atom. The minimum Gasteiger partial charge on any atom is -0.294 e. The van der Waals surface area contributed by atoms with Gasteiger partial charge in [0.1, 0.15) is 5.82 Å². The van der Waals surface area contributed by atoms with Gasteiger partial charge in [-0.1, -0.05) is 182 Å². The van der Waals surface area contributed by atoms with E-state index < -0.39 is 0 Å². The zero-order chi connectivity index (χ0) is 40.3. The van der Waals surface area contributed by atoms with Gasteiger partial charge in [0.2, 0.25) is 0 Å². The summed E-state index contributed by atoms with van der Waals surface area (Å²) in [5, 5.41) is 14.5. The standard InChI is InChI=1S/C59H40N2/c1-4-18-39(19-5-1)52-38-53(40-20-6-2-7-21-40)57-50-31-17-15-29-48(50)54-37-44(32-33-51(54)58(57)56(52)42-23-8-3-9-24-42)61(59-46-27-13-10-22-41(46)34-35-60-59)55-36-43-25-11-12-26-45(43)47-28-14-16-30-49(47)55/h2-4,6-38H,1,5H2. The van der Waals surface area contributed by atoms with Crippen LogP contribution in [0, 0.1) is 0 Å². The highest BCUT2D eigenvalue weighted by molar-refractivity contribution is 6.33. The third kappa shape index (κ3) is 5.75. The molecule has 10 aromatic carbocycles. The van der Waals surface area contributed by atoms with E-state index in [0.29, 0.717) is 0 Å². The summed E-state index contributed by atoms with van der Waals surface area (Å²) < 4.78 is 0. The Balaban J connectivity index is 1.25. The summed E-state index contributed by atoms with van der Waals surface area (Å²) in [5.74, 6) is 0.901. The largest absolute Gasteiger partial charge is 0.294 e. The van der Waals surface area contributed by atoms with Crippen molar-refractivity contribution in [3.63, 3.8) is 0 Å². The Bertz CT molecular complexity index is 3580. The van der Waals surface area contributed by atoms with E-state index in [9.17, 15) is 0 Å². The lowest BCUT2D eigenvalue weighted by Gasteiger charge is -2.28. The molecule has 0 saturated carbocycles. The summed E-state index contributed by atoms with van der Waals surface area (Å²) in [5.41, 5.74) is 9.63. The first-order valence-electron chi connectivity index (χ1n) is 21.3. The molecule has 0 bridgehead atoms. The Morgan fingerprint density at radius 3 is 1.79 bits per heavy atom. The molecule has 0 fully saturated rings. The number of fused-ring (bicyclic) bond motifs is 10. The molecule has 0 unspecified atom stereocenters. The number of benzene rings is 10. The molecular formula is C59H40N2. The average Bonchev–Trinajstić information content (AvgIpc) is 3.34. The van der Waals surface area contributed by atoms with E-state index in [2.05, 4.69) is 217 Å². The predicted molar refractivity (Wildman–Crippen MR) is 261 cm³/mol. The van der Waals surface area contributed by atoms with Crippen LogP contribution in [-0.4, -0.2) is 4.98 Å². The van der Waals surface area contributed by atoms with Gasteiger partial charge in [-0.15, -0.1) is 0 Å². The van der Waals surface area contributed by atoms with E-state index in [1.54, 1.807) is 0 Å². The first-order valence-corrected chi connectivity index (χ1v) is 21.3. The van der Waals surface area contributed by atoms with Gasteiger partial charge in [0.25, 0.3) is 0 Å². The number of rotatable bonds is 6. The smallest absolute Gasteiger partial charge is 0.145 e. The number of hydrogen-bond acceptors (Lipinski definition) is 2. The fourth-order valence-corrected chi connectivity index (χ4v) is 9.95. The molecule has 0 atom stereocenters. The molecule has 0 N–H and O–H groups in total. The van der Waals surface area contributed by atoms with Gasteiger partial charge in [-0.25, -0.2) is 4.98 Å². The van der Waals surface area contributed by atoms with Crippen molar-refractivity contribution in [1.82, 2.24) is 4.98 Å². The van der Waals surface area contributed by atoms with Crippen molar-refractivity contribution in [3.8, 4) is 22.3 Å². The monoisotopic (exact) mass is 776 g/mol. The maximum atomic E-state index is 5.21. The Labute approximate surface area is 355 Å². The fourth-order valence-electron chi connectivity index (χ4n) is 9.95. The van der Waals surface area contributed by atoms with Gasteiger partial charge in [-0.3, -0.25) is 4.90 Å². The zero-order valence-electron chi connectivity index (χ0n) is 33.6. The van der Waals surface area contributed by atoms with Crippen LogP contribution in [-0.2, 0) is 0 Å². The van der Waals surface area contributed by atoms with Crippen LogP contribution in [0.2, 0.25) is 0 Å². The molecule has 2 nitrogen and oxygen atoms in total. The van der Waals surface area contributed by atoms with Crippen LogP contribution in [0.4, 0.5) is 17.2 Å². The third-order valence-corrected chi connectivity index (χ3v) is 12.6.